The lowest BCUT2D eigenvalue weighted by atomic mass is 10.1. The van der Waals surface area contributed by atoms with Gasteiger partial charge in [0.2, 0.25) is 0 Å². The van der Waals surface area contributed by atoms with Crippen LogP contribution in [0.25, 0.3) is 0 Å². The molecular formula is C8H4ClNO3. The van der Waals surface area contributed by atoms with Crippen molar-refractivity contribution in [1.82, 2.24) is 0 Å². The van der Waals surface area contributed by atoms with Gasteiger partial charge in [0.15, 0.2) is 5.71 Å². The summed E-state index contributed by atoms with van der Waals surface area (Å²) in [5.41, 5.74) is 0.303. The normalized spacial score (nSPS) is 17.3. The molecule has 1 heterocycles. The highest BCUT2D eigenvalue weighted by molar-refractivity contribution is 6.47. The van der Waals surface area contributed by atoms with Crippen molar-refractivity contribution in [3.8, 4) is 5.75 Å². The van der Waals surface area contributed by atoms with Gasteiger partial charge in [0, 0.05) is 5.02 Å². The number of carbonyl (C=O) groups is 1. The van der Waals surface area contributed by atoms with Gasteiger partial charge in [0.25, 0.3) is 0 Å². The molecule has 0 unspecified atom stereocenters. The lowest BCUT2D eigenvalue weighted by Gasteiger charge is -1.94. The van der Waals surface area contributed by atoms with E-state index in [4.69, 9.17) is 21.5 Å². The molecule has 0 aromatic heterocycles. The van der Waals surface area contributed by atoms with E-state index in [0.29, 0.717) is 16.3 Å². The standard InChI is InChI=1S/C8H4ClNO3/c9-4-1-2-6-5(3-4)7(10-12)8(11)13-6/h1-3,12H. The number of halogens is 1. The highest BCUT2D eigenvalue weighted by atomic mass is 35.5. The van der Waals surface area contributed by atoms with Crippen molar-refractivity contribution in [2.24, 2.45) is 5.16 Å². The van der Waals surface area contributed by atoms with Crippen molar-refractivity contribution in [2.75, 3.05) is 0 Å². The average molecular weight is 198 g/mol. The molecular weight excluding hydrogens is 194 g/mol. The molecule has 5 heteroatoms. The molecule has 0 spiro atoms. The smallest absolute Gasteiger partial charge is 0.366 e. The SMILES string of the molecule is O=C1Oc2ccc(Cl)cc2C1=NO. The van der Waals surface area contributed by atoms with E-state index in [-0.39, 0.29) is 5.71 Å². The first-order valence-electron chi connectivity index (χ1n) is 3.46. The van der Waals surface area contributed by atoms with Gasteiger partial charge >= 0.3 is 5.97 Å². The summed E-state index contributed by atoms with van der Waals surface area (Å²) in [5, 5.41) is 11.8. The average Bonchev–Trinajstić information content (AvgIpc) is 2.40. The Bertz CT molecular complexity index is 414. The molecule has 0 fully saturated rings. The third kappa shape index (κ3) is 1.15. The molecule has 2 rings (SSSR count). The zero-order valence-corrected chi connectivity index (χ0v) is 7.08. The van der Waals surface area contributed by atoms with E-state index in [1.807, 2.05) is 0 Å². The molecule has 1 aliphatic heterocycles. The monoisotopic (exact) mass is 197 g/mol. The Morgan fingerprint density at radius 2 is 2.23 bits per heavy atom. The Labute approximate surface area is 78.4 Å². The summed E-state index contributed by atoms with van der Waals surface area (Å²) < 4.78 is 4.78. The number of hydrogen-bond acceptors (Lipinski definition) is 4. The molecule has 1 N–H and O–H groups in total. The Morgan fingerprint density at radius 3 is 2.92 bits per heavy atom. The van der Waals surface area contributed by atoms with Crippen molar-refractivity contribution < 1.29 is 14.7 Å². The zero-order chi connectivity index (χ0) is 9.42. The maximum Gasteiger partial charge on any atom is 0.366 e. The van der Waals surface area contributed by atoms with E-state index in [2.05, 4.69) is 5.16 Å². The highest BCUT2D eigenvalue weighted by Crippen LogP contribution is 2.28. The van der Waals surface area contributed by atoms with E-state index in [9.17, 15) is 4.79 Å². The second-order valence-electron chi connectivity index (χ2n) is 2.48. The summed E-state index contributed by atoms with van der Waals surface area (Å²) in [5.74, 6) is -0.304. The second kappa shape index (κ2) is 2.74. The van der Waals surface area contributed by atoms with Gasteiger partial charge < -0.3 is 9.94 Å². The van der Waals surface area contributed by atoms with Gasteiger partial charge in [0.05, 0.1) is 5.56 Å². The zero-order valence-electron chi connectivity index (χ0n) is 6.32. The van der Waals surface area contributed by atoms with Crippen LogP contribution in [0.3, 0.4) is 0 Å². The Kier molecular flexibility index (Phi) is 1.70. The van der Waals surface area contributed by atoms with Crippen LogP contribution in [0.4, 0.5) is 0 Å². The summed E-state index contributed by atoms with van der Waals surface area (Å²) in [4.78, 5) is 11.0. The van der Waals surface area contributed by atoms with Gasteiger partial charge in [0.1, 0.15) is 5.75 Å². The van der Waals surface area contributed by atoms with Crippen LogP contribution in [-0.4, -0.2) is 16.9 Å². The van der Waals surface area contributed by atoms with Crippen molar-refractivity contribution in [2.45, 2.75) is 0 Å². The molecule has 1 aromatic carbocycles. The minimum absolute atomic E-state index is 0.113. The number of ether oxygens (including phenoxy) is 1. The van der Waals surface area contributed by atoms with Crippen molar-refractivity contribution in [1.29, 1.82) is 0 Å². The molecule has 13 heavy (non-hydrogen) atoms. The molecule has 0 amide bonds. The molecule has 0 aliphatic carbocycles. The summed E-state index contributed by atoms with van der Waals surface area (Å²) in [6, 6.07) is 4.65. The number of rotatable bonds is 0. The number of oxime groups is 1. The maximum absolute atomic E-state index is 11.0. The van der Waals surface area contributed by atoms with Crippen LogP contribution >= 0.6 is 11.6 Å². The number of carbonyl (C=O) groups excluding carboxylic acids is 1. The van der Waals surface area contributed by atoms with E-state index in [1.165, 1.54) is 6.07 Å². The minimum atomic E-state index is -0.667. The van der Waals surface area contributed by atoms with Gasteiger partial charge in [-0.15, -0.1) is 0 Å². The predicted octanol–water partition coefficient (Wildman–Crippen LogP) is 1.44. The van der Waals surface area contributed by atoms with Crippen LogP contribution in [0.2, 0.25) is 5.02 Å². The Hall–Kier alpha value is -1.55. The third-order valence-corrected chi connectivity index (χ3v) is 1.93. The van der Waals surface area contributed by atoms with Crippen molar-refractivity contribution >= 4 is 23.3 Å². The number of benzene rings is 1. The van der Waals surface area contributed by atoms with Crippen LogP contribution in [0.5, 0.6) is 5.75 Å². The van der Waals surface area contributed by atoms with E-state index in [0.717, 1.165) is 0 Å². The molecule has 0 saturated carbocycles. The van der Waals surface area contributed by atoms with Crippen LogP contribution in [0.15, 0.2) is 23.4 Å². The summed E-state index contributed by atoms with van der Waals surface area (Å²) in [6.07, 6.45) is 0. The van der Waals surface area contributed by atoms with Crippen LogP contribution in [-0.2, 0) is 4.79 Å². The van der Waals surface area contributed by atoms with Gasteiger partial charge in [-0.1, -0.05) is 16.8 Å². The van der Waals surface area contributed by atoms with Crippen molar-refractivity contribution in [3.05, 3.63) is 28.8 Å². The molecule has 0 bridgehead atoms. The van der Waals surface area contributed by atoms with Gasteiger partial charge in [-0.25, -0.2) is 4.79 Å². The van der Waals surface area contributed by atoms with Gasteiger partial charge in [-0.3, -0.25) is 0 Å². The number of nitrogens with zero attached hydrogens (tertiary/aromatic N) is 1. The number of hydrogen-bond donors (Lipinski definition) is 1. The largest absolute Gasteiger partial charge is 0.421 e. The Morgan fingerprint density at radius 1 is 1.46 bits per heavy atom. The first kappa shape index (κ1) is 8.07. The summed E-state index contributed by atoms with van der Waals surface area (Å²) >= 11 is 5.69. The molecule has 4 nitrogen and oxygen atoms in total. The fraction of sp³-hybridized carbons (Fsp3) is 0. The molecule has 1 aromatic rings. The lowest BCUT2D eigenvalue weighted by Crippen LogP contribution is -2.12. The summed E-state index contributed by atoms with van der Waals surface area (Å²) in [7, 11) is 0. The second-order valence-corrected chi connectivity index (χ2v) is 2.92. The van der Waals surface area contributed by atoms with E-state index >= 15 is 0 Å². The van der Waals surface area contributed by atoms with E-state index < -0.39 is 5.97 Å². The molecule has 66 valence electrons. The van der Waals surface area contributed by atoms with Crippen LogP contribution < -0.4 is 4.74 Å². The number of esters is 1. The molecule has 0 saturated heterocycles. The first-order valence-corrected chi connectivity index (χ1v) is 3.84. The summed E-state index contributed by atoms with van der Waals surface area (Å²) in [6.45, 7) is 0. The minimum Gasteiger partial charge on any atom is -0.421 e. The maximum atomic E-state index is 11.0. The topological polar surface area (TPSA) is 58.9 Å². The Balaban J connectivity index is 2.63. The fourth-order valence-electron chi connectivity index (χ4n) is 1.13. The lowest BCUT2D eigenvalue weighted by molar-refractivity contribution is -0.126. The molecule has 1 aliphatic rings. The molecule has 0 atom stereocenters. The van der Waals surface area contributed by atoms with Crippen LogP contribution in [0.1, 0.15) is 5.56 Å². The van der Waals surface area contributed by atoms with Gasteiger partial charge in [-0.2, -0.15) is 0 Å². The van der Waals surface area contributed by atoms with E-state index in [1.54, 1.807) is 12.1 Å². The van der Waals surface area contributed by atoms with Crippen LogP contribution in [0, 0.1) is 0 Å². The fourth-order valence-corrected chi connectivity index (χ4v) is 1.30. The predicted molar refractivity (Wildman–Crippen MR) is 45.4 cm³/mol. The highest BCUT2D eigenvalue weighted by Gasteiger charge is 2.29. The van der Waals surface area contributed by atoms with Crippen molar-refractivity contribution in [3.63, 3.8) is 0 Å². The molecule has 0 radical (unpaired) electrons. The first-order chi connectivity index (χ1) is 6.22. The quantitative estimate of drug-likeness (QED) is 0.296. The third-order valence-electron chi connectivity index (χ3n) is 1.69. The number of fused-ring (bicyclic) bond motifs is 1. The van der Waals surface area contributed by atoms with Gasteiger partial charge in [-0.05, 0) is 18.2 Å².